The third-order valence-electron chi connectivity index (χ3n) is 2.49. The fourth-order valence-electron chi connectivity index (χ4n) is 1.55. The van der Waals surface area contributed by atoms with E-state index in [1.54, 1.807) is 11.4 Å². The summed E-state index contributed by atoms with van der Waals surface area (Å²) in [6.45, 7) is 0.443. The standard InChI is InChI=1S/C13H10FN3OS/c14-10-1-2-12(8(3-10)5-15)17-6-11-4-9(7-19-11)13(16)18/h1-4,7,17H,6H2,(H2,16,18). The normalized spacial score (nSPS) is 9.89. The van der Waals surface area contributed by atoms with Crippen molar-refractivity contribution in [3.05, 3.63) is 51.5 Å². The average molecular weight is 275 g/mol. The summed E-state index contributed by atoms with van der Waals surface area (Å²) in [4.78, 5) is 11.9. The van der Waals surface area contributed by atoms with E-state index >= 15 is 0 Å². The minimum Gasteiger partial charge on any atom is -0.379 e. The van der Waals surface area contributed by atoms with E-state index < -0.39 is 11.7 Å². The molecule has 6 heteroatoms. The fraction of sp³-hybridized carbons (Fsp3) is 0.0769. The first-order chi connectivity index (χ1) is 9.10. The van der Waals surface area contributed by atoms with Crippen molar-refractivity contribution in [2.75, 3.05) is 5.32 Å². The highest BCUT2D eigenvalue weighted by atomic mass is 32.1. The summed E-state index contributed by atoms with van der Waals surface area (Å²) in [6.07, 6.45) is 0. The van der Waals surface area contributed by atoms with Gasteiger partial charge in [-0.05, 0) is 24.3 Å². The second-order valence-corrected chi connectivity index (χ2v) is 4.82. The number of primary amides is 1. The second kappa shape index (κ2) is 5.50. The van der Waals surface area contributed by atoms with E-state index in [4.69, 9.17) is 11.0 Å². The molecular weight excluding hydrogens is 265 g/mol. The largest absolute Gasteiger partial charge is 0.379 e. The van der Waals surface area contributed by atoms with Crippen molar-refractivity contribution >= 4 is 22.9 Å². The number of hydrogen-bond acceptors (Lipinski definition) is 4. The van der Waals surface area contributed by atoms with Gasteiger partial charge in [0.2, 0.25) is 5.91 Å². The van der Waals surface area contributed by atoms with Crippen LogP contribution in [-0.4, -0.2) is 5.91 Å². The van der Waals surface area contributed by atoms with Crippen molar-refractivity contribution in [2.45, 2.75) is 6.54 Å². The number of halogens is 1. The Kier molecular flexibility index (Phi) is 3.78. The van der Waals surface area contributed by atoms with Gasteiger partial charge in [0.15, 0.2) is 0 Å². The Labute approximate surface area is 113 Å². The molecule has 1 heterocycles. The molecule has 0 unspecified atom stereocenters. The number of nitrogens with two attached hydrogens (primary N) is 1. The maximum Gasteiger partial charge on any atom is 0.249 e. The topological polar surface area (TPSA) is 78.9 Å². The second-order valence-electron chi connectivity index (χ2n) is 3.82. The van der Waals surface area contributed by atoms with Crippen LogP contribution in [0.2, 0.25) is 0 Å². The van der Waals surface area contributed by atoms with Crippen LogP contribution in [0.3, 0.4) is 0 Å². The van der Waals surface area contributed by atoms with Gasteiger partial charge in [0, 0.05) is 16.8 Å². The molecule has 2 aromatic rings. The summed E-state index contributed by atoms with van der Waals surface area (Å²) < 4.78 is 13.0. The van der Waals surface area contributed by atoms with Gasteiger partial charge in [0.1, 0.15) is 11.9 Å². The first-order valence-corrected chi connectivity index (χ1v) is 6.29. The number of nitrogens with one attached hydrogen (secondary N) is 1. The van der Waals surface area contributed by atoms with Crippen LogP contribution in [0.25, 0.3) is 0 Å². The van der Waals surface area contributed by atoms with Gasteiger partial charge >= 0.3 is 0 Å². The molecule has 0 aliphatic rings. The highest BCUT2D eigenvalue weighted by Crippen LogP contribution is 2.19. The lowest BCUT2D eigenvalue weighted by molar-refractivity contribution is 0.100. The fourth-order valence-corrected chi connectivity index (χ4v) is 2.36. The zero-order chi connectivity index (χ0) is 13.8. The first-order valence-electron chi connectivity index (χ1n) is 5.41. The smallest absolute Gasteiger partial charge is 0.249 e. The minimum absolute atomic E-state index is 0.242. The zero-order valence-electron chi connectivity index (χ0n) is 9.81. The third-order valence-corrected chi connectivity index (χ3v) is 3.43. The zero-order valence-corrected chi connectivity index (χ0v) is 10.6. The van der Waals surface area contributed by atoms with Crippen LogP contribution in [0.5, 0.6) is 0 Å². The first kappa shape index (κ1) is 13.1. The summed E-state index contributed by atoms with van der Waals surface area (Å²) in [5.74, 6) is -0.920. The Morgan fingerprint density at radius 1 is 1.47 bits per heavy atom. The Morgan fingerprint density at radius 3 is 2.89 bits per heavy atom. The Morgan fingerprint density at radius 2 is 2.26 bits per heavy atom. The number of thiophene rings is 1. The van der Waals surface area contributed by atoms with E-state index in [-0.39, 0.29) is 5.56 Å². The Balaban J connectivity index is 2.10. The molecule has 1 aromatic heterocycles. The summed E-state index contributed by atoms with van der Waals surface area (Å²) >= 11 is 1.39. The van der Waals surface area contributed by atoms with Crippen molar-refractivity contribution < 1.29 is 9.18 Å². The van der Waals surface area contributed by atoms with E-state index in [1.807, 2.05) is 6.07 Å². The molecule has 0 atom stereocenters. The summed E-state index contributed by atoms with van der Waals surface area (Å²) in [5, 5.41) is 13.6. The van der Waals surface area contributed by atoms with Crippen LogP contribution in [0.15, 0.2) is 29.6 Å². The predicted molar refractivity (Wildman–Crippen MR) is 71.3 cm³/mol. The van der Waals surface area contributed by atoms with Gasteiger partial charge < -0.3 is 11.1 Å². The number of rotatable bonds is 4. The number of carbonyl (C=O) groups is 1. The molecule has 0 aliphatic carbocycles. The molecule has 96 valence electrons. The molecular formula is C13H10FN3OS. The van der Waals surface area contributed by atoms with E-state index in [0.717, 1.165) is 4.88 Å². The monoisotopic (exact) mass is 275 g/mol. The number of nitriles is 1. The molecule has 3 N–H and O–H groups in total. The molecule has 0 aliphatic heterocycles. The molecule has 0 radical (unpaired) electrons. The number of carbonyl (C=O) groups excluding carboxylic acids is 1. The Bertz CT molecular complexity index is 660. The van der Waals surface area contributed by atoms with Gasteiger partial charge in [-0.3, -0.25) is 4.79 Å². The summed E-state index contributed by atoms with van der Waals surface area (Å²) in [7, 11) is 0. The van der Waals surface area contributed by atoms with E-state index in [2.05, 4.69) is 5.32 Å². The molecule has 1 aromatic carbocycles. The summed E-state index contributed by atoms with van der Waals surface area (Å²) in [6, 6.07) is 7.58. The van der Waals surface area contributed by atoms with E-state index in [9.17, 15) is 9.18 Å². The molecule has 2 rings (SSSR count). The van der Waals surface area contributed by atoms with Gasteiger partial charge in [0.05, 0.1) is 16.8 Å². The molecule has 0 saturated heterocycles. The molecule has 1 amide bonds. The maximum absolute atomic E-state index is 13.0. The quantitative estimate of drug-likeness (QED) is 0.899. The molecule has 19 heavy (non-hydrogen) atoms. The highest BCUT2D eigenvalue weighted by Gasteiger charge is 2.06. The molecule has 0 spiro atoms. The Hall–Kier alpha value is -2.39. The maximum atomic E-state index is 13.0. The van der Waals surface area contributed by atoms with Crippen LogP contribution >= 0.6 is 11.3 Å². The van der Waals surface area contributed by atoms with E-state index in [1.165, 1.54) is 29.5 Å². The van der Waals surface area contributed by atoms with Crippen molar-refractivity contribution in [3.8, 4) is 6.07 Å². The van der Waals surface area contributed by atoms with Gasteiger partial charge in [-0.15, -0.1) is 11.3 Å². The molecule has 0 bridgehead atoms. The third kappa shape index (κ3) is 3.09. The van der Waals surface area contributed by atoms with Gasteiger partial charge in [0.25, 0.3) is 0 Å². The van der Waals surface area contributed by atoms with Gasteiger partial charge in [-0.25, -0.2) is 4.39 Å². The van der Waals surface area contributed by atoms with Crippen molar-refractivity contribution in [1.29, 1.82) is 5.26 Å². The number of benzene rings is 1. The van der Waals surface area contributed by atoms with Crippen LogP contribution in [0.1, 0.15) is 20.8 Å². The summed E-state index contributed by atoms with van der Waals surface area (Å²) in [5.41, 5.74) is 6.41. The predicted octanol–water partition coefficient (Wildman–Crippen LogP) is 2.47. The molecule has 4 nitrogen and oxygen atoms in total. The highest BCUT2D eigenvalue weighted by molar-refractivity contribution is 7.10. The lowest BCUT2D eigenvalue weighted by Crippen LogP contribution is -2.09. The van der Waals surface area contributed by atoms with E-state index in [0.29, 0.717) is 17.8 Å². The van der Waals surface area contributed by atoms with Crippen LogP contribution in [0, 0.1) is 17.1 Å². The number of amides is 1. The lowest BCUT2D eigenvalue weighted by atomic mass is 10.2. The lowest BCUT2D eigenvalue weighted by Gasteiger charge is -2.06. The van der Waals surface area contributed by atoms with Crippen molar-refractivity contribution in [3.63, 3.8) is 0 Å². The molecule has 0 saturated carbocycles. The number of anilines is 1. The van der Waals surface area contributed by atoms with Crippen molar-refractivity contribution in [2.24, 2.45) is 5.73 Å². The number of nitrogens with zero attached hydrogens (tertiary/aromatic N) is 1. The molecule has 0 fully saturated rings. The van der Waals surface area contributed by atoms with Crippen LogP contribution in [-0.2, 0) is 6.54 Å². The minimum atomic E-state index is -0.470. The van der Waals surface area contributed by atoms with Gasteiger partial charge in [-0.1, -0.05) is 0 Å². The number of hydrogen-bond donors (Lipinski definition) is 2. The average Bonchev–Trinajstić information content (AvgIpc) is 2.86. The van der Waals surface area contributed by atoms with Crippen LogP contribution < -0.4 is 11.1 Å². The van der Waals surface area contributed by atoms with Crippen LogP contribution in [0.4, 0.5) is 10.1 Å². The van der Waals surface area contributed by atoms with Gasteiger partial charge in [-0.2, -0.15) is 5.26 Å². The van der Waals surface area contributed by atoms with Crippen molar-refractivity contribution in [1.82, 2.24) is 0 Å². The SMILES string of the molecule is N#Cc1cc(F)ccc1NCc1cc(C(N)=O)cs1.